The van der Waals surface area contributed by atoms with E-state index in [0.717, 1.165) is 37.9 Å². The van der Waals surface area contributed by atoms with Crippen LogP contribution in [0.5, 0.6) is 0 Å². The normalized spacial score (nSPS) is 13.1. The standard InChI is InChI=1S/C12H25ClO/c1-3-5-8-12(4-2)11-14-10-7-6-9-13/h12H,3-11H2,1-2H3. The van der Waals surface area contributed by atoms with Crippen LogP contribution in [0.3, 0.4) is 0 Å². The molecule has 0 heterocycles. The lowest BCUT2D eigenvalue weighted by atomic mass is 10.0. The molecule has 0 aromatic rings. The van der Waals surface area contributed by atoms with Crippen LogP contribution in [0.25, 0.3) is 0 Å². The molecule has 2 heteroatoms. The molecule has 0 saturated carbocycles. The van der Waals surface area contributed by atoms with Crippen molar-refractivity contribution in [1.82, 2.24) is 0 Å². The fraction of sp³-hybridized carbons (Fsp3) is 1.00. The molecule has 0 bridgehead atoms. The number of ether oxygens (including phenoxy) is 1. The van der Waals surface area contributed by atoms with E-state index in [4.69, 9.17) is 16.3 Å². The van der Waals surface area contributed by atoms with Gasteiger partial charge >= 0.3 is 0 Å². The van der Waals surface area contributed by atoms with Crippen molar-refractivity contribution in [1.29, 1.82) is 0 Å². The van der Waals surface area contributed by atoms with Crippen LogP contribution < -0.4 is 0 Å². The lowest BCUT2D eigenvalue weighted by Crippen LogP contribution is -2.09. The first-order chi connectivity index (χ1) is 6.85. The second kappa shape index (κ2) is 11.3. The number of halogens is 1. The van der Waals surface area contributed by atoms with E-state index in [1.165, 1.54) is 25.7 Å². The summed E-state index contributed by atoms with van der Waals surface area (Å²) in [5.41, 5.74) is 0. The third-order valence-corrected chi connectivity index (χ3v) is 2.84. The van der Waals surface area contributed by atoms with Gasteiger partial charge in [0.05, 0.1) is 0 Å². The number of rotatable bonds is 10. The van der Waals surface area contributed by atoms with Gasteiger partial charge in [-0.1, -0.05) is 33.1 Å². The molecule has 0 aromatic carbocycles. The summed E-state index contributed by atoms with van der Waals surface area (Å²) in [6.07, 6.45) is 7.38. The third-order valence-electron chi connectivity index (χ3n) is 2.57. The Bertz CT molecular complexity index is 106. The number of alkyl halides is 1. The van der Waals surface area contributed by atoms with Crippen molar-refractivity contribution in [3.8, 4) is 0 Å². The molecule has 0 amide bonds. The monoisotopic (exact) mass is 220 g/mol. The van der Waals surface area contributed by atoms with Crippen molar-refractivity contribution >= 4 is 11.6 Å². The van der Waals surface area contributed by atoms with Gasteiger partial charge in [0.25, 0.3) is 0 Å². The molecule has 1 atom stereocenters. The van der Waals surface area contributed by atoms with Gasteiger partial charge in [-0.2, -0.15) is 0 Å². The smallest absolute Gasteiger partial charge is 0.0494 e. The molecular weight excluding hydrogens is 196 g/mol. The molecule has 1 nitrogen and oxygen atoms in total. The molecular formula is C12H25ClO. The van der Waals surface area contributed by atoms with Gasteiger partial charge < -0.3 is 4.74 Å². The van der Waals surface area contributed by atoms with Crippen molar-refractivity contribution in [2.24, 2.45) is 5.92 Å². The van der Waals surface area contributed by atoms with Crippen LogP contribution in [-0.4, -0.2) is 19.1 Å². The van der Waals surface area contributed by atoms with Crippen LogP contribution in [0.15, 0.2) is 0 Å². The van der Waals surface area contributed by atoms with Crippen molar-refractivity contribution in [2.45, 2.75) is 52.4 Å². The molecule has 0 rings (SSSR count). The predicted molar refractivity (Wildman–Crippen MR) is 64.1 cm³/mol. The van der Waals surface area contributed by atoms with Gasteiger partial charge in [-0.05, 0) is 25.2 Å². The first-order valence-electron chi connectivity index (χ1n) is 5.98. The Labute approximate surface area is 94.2 Å². The van der Waals surface area contributed by atoms with E-state index in [-0.39, 0.29) is 0 Å². The van der Waals surface area contributed by atoms with E-state index < -0.39 is 0 Å². The molecule has 0 N–H and O–H groups in total. The molecule has 0 aliphatic rings. The minimum atomic E-state index is 0.760. The summed E-state index contributed by atoms with van der Waals surface area (Å²) in [4.78, 5) is 0. The Balaban J connectivity index is 3.24. The lowest BCUT2D eigenvalue weighted by Gasteiger charge is -2.14. The van der Waals surface area contributed by atoms with Gasteiger partial charge in [-0.15, -0.1) is 11.6 Å². The number of unbranched alkanes of at least 4 members (excludes halogenated alkanes) is 2. The number of hydrogen-bond acceptors (Lipinski definition) is 1. The fourth-order valence-corrected chi connectivity index (χ4v) is 1.64. The van der Waals surface area contributed by atoms with E-state index in [1.54, 1.807) is 0 Å². The van der Waals surface area contributed by atoms with E-state index >= 15 is 0 Å². The summed E-state index contributed by atoms with van der Waals surface area (Å²) in [6.45, 7) is 6.32. The quantitative estimate of drug-likeness (QED) is 0.395. The van der Waals surface area contributed by atoms with Crippen LogP contribution in [0.1, 0.15) is 52.4 Å². The zero-order valence-electron chi connectivity index (χ0n) is 9.73. The Kier molecular flexibility index (Phi) is 11.5. The Morgan fingerprint density at radius 1 is 1.14 bits per heavy atom. The third kappa shape index (κ3) is 8.83. The molecule has 0 saturated heterocycles. The first kappa shape index (κ1) is 14.2. The SMILES string of the molecule is CCCCC(CC)COCCCCCl. The highest BCUT2D eigenvalue weighted by Crippen LogP contribution is 2.12. The maximum atomic E-state index is 5.63. The molecule has 0 fully saturated rings. The highest BCUT2D eigenvalue weighted by atomic mass is 35.5. The minimum absolute atomic E-state index is 0.760. The number of hydrogen-bond donors (Lipinski definition) is 0. The lowest BCUT2D eigenvalue weighted by molar-refractivity contribution is 0.0919. The summed E-state index contributed by atoms with van der Waals surface area (Å²) in [6, 6.07) is 0. The maximum absolute atomic E-state index is 5.63. The predicted octanol–water partition coefficient (Wildman–Crippen LogP) is 4.24. The van der Waals surface area contributed by atoms with E-state index in [0.29, 0.717) is 0 Å². The zero-order chi connectivity index (χ0) is 10.6. The van der Waals surface area contributed by atoms with Gasteiger partial charge in [0.15, 0.2) is 0 Å². The van der Waals surface area contributed by atoms with Crippen molar-refractivity contribution in [2.75, 3.05) is 19.1 Å². The molecule has 0 radical (unpaired) electrons. The van der Waals surface area contributed by atoms with E-state index in [1.807, 2.05) is 0 Å². The summed E-state index contributed by atoms with van der Waals surface area (Å²) < 4.78 is 5.63. The average molecular weight is 221 g/mol. The van der Waals surface area contributed by atoms with E-state index in [9.17, 15) is 0 Å². The fourth-order valence-electron chi connectivity index (χ4n) is 1.45. The van der Waals surface area contributed by atoms with Crippen molar-refractivity contribution in [3.05, 3.63) is 0 Å². The van der Waals surface area contributed by atoms with Crippen molar-refractivity contribution < 1.29 is 4.74 Å². The van der Waals surface area contributed by atoms with Crippen LogP contribution in [0.4, 0.5) is 0 Å². The van der Waals surface area contributed by atoms with E-state index in [2.05, 4.69) is 13.8 Å². The van der Waals surface area contributed by atoms with Gasteiger partial charge in [0.2, 0.25) is 0 Å². The molecule has 86 valence electrons. The second-order valence-electron chi connectivity index (χ2n) is 3.89. The largest absolute Gasteiger partial charge is 0.381 e. The average Bonchev–Trinajstić information content (AvgIpc) is 2.22. The zero-order valence-corrected chi connectivity index (χ0v) is 10.5. The molecule has 0 aliphatic carbocycles. The van der Waals surface area contributed by atoms with Crippen LogP contribution >= 0.6 is 11.6 Å². The van der Waals surface area contributed by atoms with Crippen LogP contribution in [0, 0.1) is 5.92 Å². The maximum Gasteiger partial charge on any atom is 0.0494 e. The summed E-state index contributed by atoms with van der Waals surface area (Å²) in [7, 11) is 0. The first-order valence-corrected chi connectivity index (χ1v) is 6.52. The summed E-state index contributed by atoms with van der Waals surface area (Å²) in [5, 5.41) is 0. The summed E-state index contributed by atoms with van der Waals surface area (Å²) in [5.74, 6) is 1.53. The Hall–Kier alpha value is 0.250. The molecule has 0 aromatic heterocycles. The highest BCUT2D eigenvalue weighted by Gasteiger charge is 2.05. The second-order valence-corrected chi connectivity index (χ2v) is 4.27. The highest BCUT2D eigenvalue weighted by molar-refractivity contribution is 6.17. The Morgan fingerprint density at radius 2 is 1.93 bits per heavy atom. The van der Waals surface area contributed by atoms with Gasteiger partial charge in [-0.3, -0.25) is 0 Å². The summed E-state index contributed by atoms with van der Waals surface area (Å²) >= 11 is 5.58. The molecule has 14 heavy (non-hydrogen) atoms. The van der Waals surface area contributed by atoms with Crippen LogP contribution in [0.2, 0.25) is 0 Å². The minimum Gasteiger partial charge on any atom is -0.381 e. The topological polar surface area (TPSA) is 9.23 Å². The van der Waals surface area contributed by atoms with Crippen LogP contribution in [-0.2, 0) is 4.74 Å². The molecule has 0 spiro atoms. The molecule has 1 unspecified atom stereocenters. The Morgan fingerprint density at radius 3 is 2.50 bits per heavy atom. The molecule has 0 aliphatic heterocycles. The van der Waals surface area contributed by atoms with Gasteiger partial charge in [0, 0.05) is 19.1 Å². The van der Waals surface area contributed by atoms with Gasteiger partial charge in [0.1, 0.15) is 0 Å². The van der Waals surface area contributed by atoms with Gasteiger partial charge in [-0.25, -0.2) is 0 Å². The van der Waals surface area contributed by atoms with Crippen molar-refractivity contribution in [3.63, 3.8) is 0 Å².